The van der Waals surface area contributed by atoms with Crippen molar-refractivity contribution in [3.05, 3.63) is 69.4 Å². The molecule has 0 spiro atoms. The highest BCUT2D eigenvalue weighted by Gasteiger charge is 2.28. The van der Waals surface area contributed by atoms with Crippen molar-refractivity contribution in [1.29, 1.82) is 0 Å². The number of rotatable bonds is 4. The molecule has 0 aliphatic carbocycles. The first kappa shape index (κ1) is 15.7. The fraction of sp³-hybridized carbons (Fsp3) is 0.176. The number of carbonyl (C=O) groups excluding carboxylic acids is 2. The van der Waals surface area contributed by atoms with Gasteiger partial charge in [0.25, 0.3) is 5.91 Å². The van der Waals surface area contributed by atoms with Crippen LogP contribution in [0.1, 0.15) is 21.5 Å². The number of hydrogen-bond acceptors (Lipinski definition) is 3. The molecule has 2 aromatic rings. The Morgan fingerprint density at radius 3 is 2.87 bits per heavy atom. The molecule has 1 aliphatic heterocycles. The van der Waals surface area contributed by atoms with Crippen LogP contribution >= 0.6 is 15.9 Å². The molecule has 0 radical (unpaired) electrons. The van der Waals surface area contributed by atoms with E-state index in [0.29, 0.717) is 17.7 Å². The van der Waals surface area contributed by atoms with Gasteiger partial charge in [0.15, 0.2) is 6.73 Å². The summed E-state index contributed by atoms with van der Waals surface area (Å²) in [6.45, 7) is 0.300. The fourth-order valence-electron chi connectivity index (χ4n) is 2.45. The smallest absolute Gasteiger partial charge is 0.311 e. The highest BCUT2D eigenvalue weighted by molar-refractivity contribution is 9.10. The van der Waals surface area contributed by atoms with Gasteiger partial charge in [-0.05, 0) is 35.4 Å². The molecule has 23 heavy (non-hydrogen) atoms. The minimum atomic E-state index is -0.500. The third kappa shape index (κ3) is 3.59. The Morgan fingerprint density at radius 2 is 2.09 bits per heavy atom. The summed E-state index contributed by atoms with van der Waals surface area (Å²) in [5.74, 6) is -1.06. The van der Waals surface area contributed by atoms with E-state index in [0.717, 1.165) is 10.0 Å². The van der Waals surface area contributed by atoms with E-state index in [2.05, 4.69) is 15.9 Å². The Labute approximate surface area is 141 Å². The minimum absolute atomic E-state index is 0.0295. The van der Waals surface area contributed by atoms with Gasteiger partial charge in [-0.2, -0.15) is 0 Å². The lowest BCUT2D eigenvalue weighted by Gasteiger charge is -2.15. The summed E-state index contributed by atoms with van der Waals surface area (Å²) in [6.07, 6.45) is -0.0295. The van der Waals surface area contributed by atoms with Gasteiger partial charge in [0.05, 0.1) is 13.0 Å². The van der Waals surface area contributed by atoms with Gasteiger partial charge >= 0.3 is 5.97 Å². The van der Waals surface area contributed by atoms with Gasteiger partial charge in [0.2, 0.25) is 0 Å². The number of esters is 1. The number of benzene rings is 2. The highest BCUT2D eigenvalue weighted by Crippen LogP contribution is 2.25. The van der Waals surface area contributed by atoms with Gasteiger partial charge in [0, 0.05) is 10.0 Å². The second-order valence-corrected chi connectivity index (χ2v) is 6.17. The zero-order chi connectivity index (χ0) is 16.4. The average molecular weight is 378 g/mol. The summed E-state index contributed by atoms with van der Waals surface area (Å²) in [7, 11) is 0. The Morgan fingerprint density at radius 1 is 1.26 bits per heavy atom. The molecule has 0 N–H and O–H groups in total. The van der Waals surface area contributed by atoms with E-state index in [1.54, 1.807) is 12.1 Å². The van der Waals surface area contributed by atoms with Crippen molar-refractivity contribution in [2.24, 2.45) is 0 Å². The van der Waals surface area contributed by atoms with Gasteiger partial charge in [0.1, 0.15) is 5.82 Å². The maximum Gasteiger partial charge on any atom is 0.311 e. The molecule has 2 aromatic carbocycles. The summed E-state index contributed by atoms with van der Waals surface area (Å²) < 4.78 is 19.0. The lowest BCUT2D eigenvalue weighted by Crippen LogP contribution is -2.28. The third-order valence-corrected chi connectivity index (χ3v) is 4.06. The average Bonchev–Trinajstić information content (AvgIpc) is 2.81. The second-order valence-electron chi connectivity index (χ2n) is 5.26. The molecule has 0 aromatic heterocycles. The van der Waals surface area contributed by atoms with Gasteiger partial charge in [-0.3, -0.25) is 9.59 Å². The van der Waals surface area contributed by atoms with Crippen molar-refractivity contribution in [3.63, 3.8) is 0 Å². The van der Waals surface area contributed by atoms with E-state index >= 15 is 0 Å². The second kappa shape index (κ2) is 6.50. The van der Waals surface area contributed by atoms with Crippen LogP contribution in [0.15, 0.2) is 46.9 Å². The van der Waals surface area contributed by atoms with Crippen LogP contribution in [0.2, 0.25) is 0 Å². The zero-order valence-electron chi connectivity index (χ0n) is 12.1. The van der Waals surface area contributed by atoms with Crippen LogP contribution in [0.5, 0.6) is 0 Å². The number of amides is 1. The molecule has 0 saturated heterocycles. The molecule has 6 heteroatoms. The van der Waals surface area contributed by atoms with E-state index in [4.69, 9.17) is 4.74 Å². The first-order valence-corrected chi connectivity index (χ1v) is 7.80. The topological polar surface area (TPSA) is 46.6 Å². The van der Waals surface area contributed by atoms with Crippen LogP contribution in [0.25, 0.3) is 0 Å². The fourth-order valence-corrected chi connectivity index (χ4v) is 2.81. The predicted molar refractivity (Wildman–Crippen MR) is 85.1 cm³/mol. The standard InChI is InChI=1S/C17H13BrFNO3/c18-13-5-4-12-9-20(17(22)15(12)8-13)10-23-16(21)7-11-2-1-3-14(19)6-11/h1-6,8H,7,9-10H2. The van der Waals surface area contributed by atoms with E-state index in [-0.39, 0.29) is 19.1 Å². The molecule has 0 atom stereocenters. The molecule has 0 unspecified atom stereocenters. The van der Waals surface area contributed by atoms with Crippen molar-refractivity contribution in [2.45, 2.75) is 13.0 Å². The molecular weight excluding hydrogens is 365 g/mol. The summed E-state index contributed by atoms with van der Waals surface area (Å²) in [5.41, 5.74) is 2.05. The molecule has 118 valence electrons. The largest absolute Gasteiger partial charge is 0.444 e. The minimum Gasteiger partial charge on any atom is -0.444 e. The summed E-state index contributed by atoms with van der Waals surface area (Å²) in [5, 5.41) is 0. The first-order valence-electron chi connectivity index (χ1n) is 7.01. The molecule has 1 heterocycles. The predicted octanol–water partition coefficient (Wildman–Crippen LogP) is 3.29. The van der Waals surface area contributed by atoms with Crippen molar-refractivity contribution >= 4 is 27.8 Å². The molecule has 0 saturated carbocycles. The quantitative estimate of drug-likeness (QED) is 0.768. The van der Waals surface area contributed by atoms with E-state index in [9.17, 15) is 14.0 Å². The lowest BCUT2D eigenvalue weighted by molar-refractivity contribution is -0.146. The molecule has 1 aliphatic rings. The number of fused-ring (bicyclic) bond motifs is 1. The molecule has 4 nitrogen and oxygen atoms in total. The Kier molecular flexibility index (Phi) is 4.43. The van der Waals surface area contributed by atoms with Gasteiger partial charge in [-0.1, -0.05) is 34.1 Å². The monoisotopic (exact) mass is 377 g/mol. The van der Waals surface area contributed by atoms with Crippen molar-refractivity contribution in [3.8, 4) is 0 Å². The number of halogens is 2. The maximum atomic E-state index is 13.1. The van der Waals surface area contributed by atoms with Crippen LogP contribution in [0, 0.1) is 5.82 Å². The van der Waals surface area contributed by atoms with E-state index in [1.807, 2.05) is 12.1 Å². The van der Waals surface area contributed by atoms with E-state index < -0.39 is 11.8 Å². The first-order chi connectivity index (χ1) is 11.0. The number of carbonyl (C=O) groups is 2. The molecule has 3 rings (SSSR count). The molecular formula is C17H13BrFNO3. The third-order valence-electron chi connectivity index (χ3n) is 3.57. The zero-order valence-corrected chi connectivity index (χ0v) is 13.7. The Balaban J connectivity index is 1.57. The SMILES string of the molecule is O=C(Cc1cccc(F)c1)OCN1Cc2ccc(Br)cc2C1=O. The number of ether oxygens (including phenoxy) is 1. The van der Waals surface area contributed by atoms with Crippen LogP contribution in [-0.2, 0) is 22.5 Å². The van der Waals surface area contributed by atoms with Crippen molar-refractivity contribution in [1.82, 2.24) is 4.90 Å². The van der Waals surface area contributed by atoms with Gasteiger partial charge in [-0.15, -0.1) is 0 Å². The highest BCUT2D eigenvalue weighted by atomic mass is 79.9. The molecule has 0 fully saturated rings. The van der Waals surface area contributed by atoms with Crippen LogP contribution in [0.3, 0.4) is 0 Å². The molecule has 0 bridgehead atoms. The van der Waals surface area contributed by atoms with Crippen molar-refractivity contribution in [2.75, 3.05) is 6.73 Å². The Bertz CT molecular complexity index is 778. The normalized spacial score (nSPS) is 13.1. The number of nitrogens with zero attached hydrogens (tertiary/aromatic N) is 1. The molecule has 1 amide bonds. The maximum absolute atomic E-state index is 13.1. The lowest BCUT2D eigenvalue weighted by atomic mass is 10.1. The van der Waals surface area contributed by atoms with E-state index in [1.165, 1.54) is 23.1 Å². The van der Waals surface area contributed by atoms with Gasteiger partial charge in [-0.25, -0.2) is 4.39 Å². The van der Waals surface area contributed by atoms with Gasteiger partial charge < -0.3 is 9.64 Å². The summed E-state index contributed by atoms with van der Waals surface area (Å²) in [4.78, 5) is 25.5. The van der Waals surface area contributed by atoms with Crippen molar-refractivity contribution < 1.29 is 18.7 Å². The summed E-state index contributed by atoms with van der Waals surface area (Å²) >= 11 is 3.33. The van der Waals surface area contributed by atoms with Crippen LogP contribution in [-0.4, -0.2) is 23.5 Å². The van der Waals surface area contributed by atoms with Crippen LogP contribution in [0.4, 0.5) is 4.39 Å². The Hall–Kier alpha value is -2.21. The summed E-state index contributed by atoms with van der Waals surface area (Å²) in [6, 6.07) is 11.3. The van der Waals surface area contributed by atoms with Crippen LogP contribution < -0.4 is 0 Å². The number of hydrogen-bond donors (Lipinski definition) is 0.